The molecule has 0 heteroatoms. The van der Waals surface area contributed by atoms with Crippen LogP contribution in [0.1, 0.15) is 13.3 Å². The van der Waals surface area contributed by atoms with Crippen LogP contribution in [-0.2, 0) is 0 Å². The van der Waals surface area contributed by atoms with Gasteiger partial charge in [0.25, 0.3) is 0 Å². The Balaban J connectivity index is 2.62. The first-order chi connectivity index (χ1) is 5.43. The summed E-state index contributed by atoms with van der Waals surface area (Å²) in [5.41, 5.74) is 4.28. The van der Waals surface area contributed by atoms with Crippen LogP contribution in [0.15, 0.2) is 47.8 Å². The SMILES string of the molecule is C[C+]=C/C=C\C1=C=CCC=C1. The Morgan fingerprint density at radius 1 is 1.64 bits per heavy atom. The van der Waals surface area contributed by atoms with Crippen LogP contribution < -0.4 is 0 Å². The predicted octanol–water partition coefficient (Wildman–Crippen LogP) is 2.96. The minimum absolute atomic E-state index is 1.01. The van der Waals surface area contributed by atoms with Crippen molar-refractivity contribution in [2.45, 2.75) is 13.3 Å². The third-order valence-corrected chi connectivity index (χ3v) is 1.36. The third kappa shape index (κ3) is 2.82. The molecule has 0 aliphatic heterocycles. The molecule has 0 fully saturated rings. The molecule has 0 nitrogen and oxygen atoms in total. The topological polar surface area (TPSA) is 0 Å². The largest absolute Gasteiger partial charge is 0.154 e. The summed E-state index contributed by atoms with van der Waals surface area (Å²) in [6, 6.07) is 0. The Morgan fingerprint density at radius 2 is 2.55 bits per heavy atom. The minimum Gasteiger partial charge on any atom is -0.115 e. The van der Waals surface area contributed by atoms with E-state index >= 15 is 0 Å². The quantitative estimate of drug-likeness (QED) is 0.317. The van der Waals surface area contributed by atoms with Gasteiger partial charge in [-0.05, 0) is 18.6 Å². The highest BCUT2D eigenvalue weighted by Gasteiger charge is 1.88. The van der Waals surface area contributed by atoms with Crippen LogP contribution in [0, 0.1) is 6.08 Å². The molecule has 1 rings (SSSR count). The van der Waals surface area contributed by atoms with Gasteiger partial charge in [0, 0.05) is 11.6 Å². The second-order valence-corrected chi connectivity index (χ2v) is 2.26. The van der Waals surface area contributed by atoms with Crippen LogP contribution in [-0.4, -0.2) is 0 Å². The maximum atomic E-state index is 3.15. The standard InChI is InChI=1S/C11H11/c1-2-3-5-8-11-9-6-4-7-10-11/h3,5-9H,4H2,1H3/q+1/b8-5-. The summed E-state index contributed by atoms with van der Waals surface area (Å²) < 4.78 is 0. The molecule has 1 aliphatic rings. The molecule has 11 heavy (non-hydrogen) atoms. The summed E-state index contributed by atoms with van der Waals surface area (Å²) in [6.07, 6.45) is 16.0. The summed E-state index contributed by atoms with van der Waals surface area (Å²) in [6.45, 7) is 1.88. The van der Waals surface area contributed by atoms with Gasteiger partial charge in [-0.1, -0.05) is 6.08 Å². The highest BCUT2D eigenvalue weighted by atomic mass is 13.9. The lowest BCUT2D eigenvalue weighted by molar-refractivity contribution is 1.36. The van der Waals surface area contributed by atoms with E-state index in [1.807, 2.05) is 31.2 Å². The first kappa shape index (κ1) is 7.75. The zero-order valence-electron chi connectivity index (χ0n) is 6.67. The van der Waals surface area contributed by atoms with Crippen LogP contribution in [0.5, 0.6) is 0 Å². The molecular formula is C11H11+. The fraction of sp³-hybridized carbons (Fsp3) is 0.182. The Labute approximate surface area is 67.9 Å². The minimum atomic E-state index is 1.01. The van der Waals surface area contributed by atoms with Crippen molar-refractivity contribution in [3.8, 4) is 0 Å². The van der Waals surface area contributed by atoms with Crippen molar-refractivity contribution in [3.63, 3.8) is 0 Å². The Hall–Kier alpha value is -1.35. The molecule has 0 aromatic carbocycles. The lowest BCUT2D eigenvalue weighted by atomic mass is 10.1. The molecule has 0 heterocycles. The molecule has 0 spiro atoms. The van der Waals surface area contributed by atoms with E-state index in [2.05, 4.69) is 24.0 Å². The number of rotatable bonds is 2. The second kappa shape index (κ2) is 4.46. The summed E-state index contributed by atoms with van der Waals surface area (Å²) in [5.74, 6) is 0. The Morgan fingerprint density at radius 3 is 3.18 bits per heavy atom. The molecule has 0 unspecified atom stereocenters. The fourth-order valence-electron chi connectivity index (χ4n) is 0.840. The van der Waals surface area contributed by atoms with Crippen molar-refractivity contribution < 1.29 is 0 Å². The summed E-state index contributed by atoms with van der Waals surface area (Å²) >= 11 is 0. The molecule has 0 aromatic heterocycles. The molecule has 0 aromatic rings. The predicted molar refractivity (Wildman–Crippen MR) is 48.0 cm³/mol. The van der Waals surface area contributed by atoms with E-state index in [0.717, 1.165) is 12.0 Å². The summed E-state index contributed by atoms with van der Waals surface area (Å²) in [4.78, 5) is 0. The van der Waals surface area contributed by atoms with Gasteiger partial charge in [-0.2, -0.15) is 0 Å². The summed E-state index contributed by atoms with van der Waals surface area (Å²) in [5, 5.41) is 0. The fourth-order valence-corrected chi connectivity index (χ4v) is 0.840. The molecule has 0 saturated heterocycles. The van der Waals surface area contributed by atoms with Gasteiger partial charge in [0.1, 0.15) is 0 Å². The van der Waals surface area contributed by atoms with Crippen molar-refractivity contribution in [2.75, 3.05) is 0 Å². The van der Waals surface area contributed by atoms with E-state index in [1.165, 1.54) is 0 Å². The maximum Gasteiger partial charge on any atom is 0.154 e. The molecule has 0 N–H and O–H groups in total. The third-order valence-electron chi connectivity index (χ3n) is 1.36. The van der Waals surface area contributed by atoms with Crippen molar-refractivity contribution in [1.82, 2.24) is 0 Å². The lowest BCUT2D eigenvalue weighted by Gasteiger charge is -1.89. The van der Waals surface area contributed by atoms with E-state index in [-0.39, 0.29) is 0 Å². The second-order valence-electron chi connectivity index (χ2n) is 2.26. The molecule has 0 bridgehead atoms. The van der Waals surface area contributed by atoms with E-state index in [0.29, 0.717) is 0 Å². The normalized spacial score (nSPS) is 15.9. The van der Waals surface area contributed by atoms with Crippen LogP contribution in [0.2, 0.25) is 0 Å². The van der Waals surface area contributed by atoms with E-state index in [9.17, 15) is 0 Å². The number of hydrogen-bond acceptors (Lipinski definition) is 0. The molecule has 0 amide bonds. The van der Waals surface area contributed by atoms with Crippen molar-refractivity contribution in [2.24, 2.45) is 0 Å². The van der Waals surface area contributed by atoms with Crippen LogP contribution >= 0.6 is 0 Å². The first-order valence-corrected chi connectivity index (χ1v) is 3.72. The van der Waals surface area contributed by atoms with Crippen molar-refractivity contribution in [3.05, 3.63) is 53.8 Å². The van der Waals surface area contributed by atoms with Gasteiger partial charge in [-0.3, -0.25) is 0 Å². The molecule has 0 radical (unpaired) electrons. The zero-order chi connectivity index (χ0) is 7.94. The lowest BCUT2D eigenvalue weighted by Crippen LogP contribution is -1.72. The van der Waals surface area contributed by atoms with Gasteiger partial charge >= 0.3 is 0 Å². The molecule has 1 aliphatic carbocycles. The molecular weight excluding hydrogens is 132 g/mol. The monoisotopic (exact) mass is 143 g/mol. The average Bonchev–Trinajstić information content (AvgIpc) is 2.07. The Kier molecular flexibility index (Phi) is 3.15. The average molecular weight is 143 g/mol. The van der Waals surface area contributed by atoms with Crippen LogP contribution in [0.3, 0.4) is 0 Å². The van der Waals surface area contributed by atoms with Crippen LogP contribution in [0.25, 0.3) is 0 Å². The van der Waals surface area contributed by atoms with Crippen molar-refractivity contribution in [1.29, 1.82) is 0 Å². The Bertz CT molecular complexity index is 256. The van der Waals surface area contributed by atoms with Gasteiger partial charge in [0.2, 0.25) is 0 Å². The van der Waals surface area contributed by atoms with Gasteiger partial charge in [-0.15, -0.1) is 5.73 Å². The van der Waals surface area contributed by atoms with E-state index in [1.54, 1.807) is 0 Å². The molecule has 0 atom stereocenters. The zero-order valence-corrected chi connectivity index (χ0v) is 6.67. The van der Waals surface area contributed by atoms with E-state index in [4.69, 9.17) is 0 Å². The van der Waals surface area contributed by atoms with Gasteiger partial charge in [0.05, 0.1) is 19.1 Å². The van der Waals surface area contributed by atoms with Gasteiger partial charge in [-0.25, -0.2) is 0 Å². The number of allylic oxidation sites excluding steroid dienone is 7. The van der Waals surface area contributed by atoms with Gasteiger partial charge in [0.15, 0.2) is 6.08 Å². The van der Waals surface area contributed by atoms with Crippen LogP contribution in [0.4, 0.5) is 0 Å². The molecule has 54 valence electrons. The summed E-state index contributed by atoms with van der Waals surface area (Å²) in [7, 11) is 0. The smallest absolute Gasteiger partial charge is 0.115 e. The number of hydrogen-bond donors (Lipinski definition) is 0. The first-order valence-electron chi connectivity index (χ1n) is 3.72. The molecule has 0 saturated carbocycles. The van der Waals surface area contributed by atoms with Gasteiger partial charge < -0.3 is 0 Å². The highest BCUT2D eigenvalue weighted by molar-refractivity contribution is 5.33. The highest BCUT2D eigenvalue weighted by Crippen LogP contribution is 2.03. The van der Waals surface area contributed by atoms with Crippen molar-refractivity contribution >= 4 is 0 Å². The van der Waals surface area contributed by atoms with E-state index < -0.39 is 0 Å². The maximum absolute atomic E-state index is 3.15.